The molecule has 0 saturated carbocycles. The van der Waals surface area contributed by atoms with Gasteiger partial charge in [0.1, 0.15) is 5.84 Å². The van der Waals surface area contributed by atoms with E-state index < -0.39 is 5.54 Å². The molecule has 1 aromatic rings. The zero-order valence-electron chi connectivity index (χ0n) is 12.2. The molecule has 0 aliphatic heterocycles. The number of Topliss-reactive ketones (excluding diaryl/α,β-unsaturated/α-hetero) is 1. The molecule has 19 heavy (non-hydrogen) atoms. The molecule has 0 fully saturated rings. The van der Waals surface area contributed by atoms with E-state index in [0.717, 1.165) is 5.84 Å². The van der Waals surface area contributed by atoms with Crippen molar-refractivity contribution in [3.8, 4) is 0 Å². The van der Waals surface area contributed by atoms with Gasteiger partial charge in [-0.2, -0.15) is 0 Å². The topological polar surface area (TPSA) is 84.7 Å². The number of hydrogen-bond acceptors (Lipinski definition) is 4. The van der Waals surface area contributed by atoms with Gasteiger partial charge in [0, 0.05) is 19.7 Å². The van der Waals surface area contributed by atoms with Crippen LogP contribution in [0.15, 0.2) is 23.2 Å². The van der Waals surface area contributed by atoms with Crippen molar-refractivity contribution in [3.05, 3.63) is 23.8 Å². The normalized spacial score (nSPS) is 12.4. The second kappa shape index (κ2) is 5.40. The van der Waals surface area contributed by atoms with E-state index in [1.807, 2.05) is 25.9 Å². The fraction of sp³-hybridized carbons (Fsp3) is 0.429. The maximum atomic E-state index is 12.0. The molecule has 0 heterocycles. The summed E-state index contributed by atoms with van der Waals surface area (Å²) in [5, 5.41) is 0. The lowest BCUT2D eigenvalue weighted by atomic mass is 9.94. The Morgan fingerprint density at radius 1 is 1.32 bits per heavy atom. The summed E-state index contributed by atoms with van der Waals surface area (Å²) < 4.78 is 0. The van der Waals surface area contributed by atoms with Crippen molar-refractivity contribution < 1.29 is 4.79 Å². The summed E-state index contributed by atoms with van der Waals surface area (Å²) in [4.78, 5) is 18.3. The number of nitrogens with two attached hydrogens (primary N) is 2. The minimum atomic E-state index is -0.906. The average Bonchev–Trinajstić information content (AvgIpc) is 2.29. The Kier molecular flexibility index (Phi) is 4.32. The summed E-state index contributed by atoms with van der Waals surface area (Å²) in [6.07, 6.45) is 0. The van der Waals surface area contributed by atoms with Crippen LogP contribution in [0.4, 0.5) is 11.4 Å². The van der Waals surface area contributed by atoms with Gasteiger partial charge in [0.25, 0.3) is 0 Å². The molecular formula is C14H22N4O. The predicted octanol–water partition coefficient (Wildman–Crippen LogP) is 1.80. The second-order valence-electron chi connectivity index (χ2n) is 5.38. The Morgan fingerprint density at radius 2 is 1.89 bits per heavy atom. The Bertz CT molecular complexity index is 513. The Balaban J connectivity index is 3.12. The van der Waals surface area contributed by atoms with E-state index in [0.29, 0.717) is 16.9 Å². The van der Waals surface area contributed by atoms with Crippen LogP contribution in [0.25, 0.3) is 0 Å². The van der Waals surface area contributed by atoms with Crippen LogP contribution in [0.2, 0.25) is 0 Å². The van der Waals surface area contributed by atoms with Crippen molar-refractivity contribution >= 4 is 23.0 Å². The molecule has 5 heteroatoms. The second-order valence-corrected chi connectivity index (χ2v) is 5.38. The van der Waals surface area contributed by atoms with E-state index in [1.54, 1.807) is 32.0 Å². The van der Waals surface area contributed by atoms with Crippen LogP contribution in [0.5, 0.6) is 0 Å². The number of ketones is 1. The first-order valence-electron chi connectivity index (χ1n) is 6.08. The fourth-order valence-electron chi connectivity index (χ4n) is 1.44. The molecule has 0 aliphatic carbocycles. The molecule has 0 unspecified atom stereocenters. The summed E-state index contributed by atoms with van der Waals surface area (Å²) in [6.45, 7) is 5.24. The molecule has 0 amide bonds. The summed E-state index contributed by atoms with van der Waals surface area (Å²) in [5.74, 6) is 0.698. The largest absolute Gasteiger partial charge is 0.397 e. The molecule has 4 N–H and O–H groups in total. The van der Waals surface area contributed by atoms with Gasteiger partial charge in [-0.15, -0.1) is 0 Å². The van der Waals surface area contributed by atoms with E-state index in [-0.39, 0.29) is 5.78 Å². The smallest absolute Gasteiger partial charge is 0.182 e. The monoisotopic (exact) mass is 262 g/mol. The maximum Gasteiger partial charge on any atom is 0.182 e. The highest BCUT2D eigenvalue weighted by Crippen LogP contribution is 2.25. The third-order valence-corrected chi connectivity index (χ3v) is 2.80. The van der Waals surface area contributed by atoms with E-state index in [9.17, 15) is 4.79 Å². The number of amidine groups is 1. The van der Waals surface area contributed by atoms with Crippen molar-refractivity contribution in [1.82, 2.24) is 4.90 Å². The molecule has 1 rings (SSSR count). The molecular weight excluding hydrogens is 240 g/mol. The van der Waals surface area contributed by atoms with Crippen molar-refractivity contribution in [2.45, 2.75) is 26.3 Å². The predicted molar refractivity (Wildman–Crippen MR) is 79.9 cm³/mol. The van der Waals surface area contributed by atoms with Gasteiger partial charge in [-0.25, -0.2) is 4.99 Å². The first-order valence-corrected chi connectivity index (χ1v) is 6.08. The standard InChI is InChI=1S/C14H22N4O/c1-9(18(4)5)17-12-7-6-10(8-11(12)15)13(19)14(2,3)16/h6-8H,15-16H2,1-5H3. The molecule has 1 aromatic carbocycles. The van der Waals surface area contributed by atoms with E-state index in [1.165, 1.54) is 0 Å². The number of rotatable bonds is 3. The number of hydrogen-bond donors (Lipinski definition) is 2. The molecule has 104 valence electrons. The molecule has 0 aromatic heterocycles. The van der Waals surface area contributed by atoms with Gasteiger partial charge in [-0.1, -0.05) is 0 Å². The van der Waals surface area contributed by atoms with Crippen LogP contribution in [-0.2, 0) is 0 Å². The van der Waals surface area contributed by atoms with Crippen LogP contribution in [0.1, 0.15) is 31.1 Å². The number of aliphatic imine (C=N–C) groups is 1. The number of carbonyl (C=O) groups is 1. The van der Waals surface area contributed by atoms with E-state index >= 15 is 0 Å². The van der Waals surface area contributed by atoms with Crippen LogP contribution in [-0.4, -0.2) is 36.2 Å². The van der Waals surface area contributed by atoms with Gasteiger partial charge in [0.2, 0.25) is 0 Å². The Morgan fingerprint density at radius 3 is 2.32 bits per heavy atom. The molecule has 0 aliphatic rings. The first-order chi connectivity index (χ1) is 8.62. The van der Waals surface area contributed by atoms with Crippen LogP contribution in [0.3, 0.4) is 0 Å². The SMILES string of the molecule is CC(=Nc1ccc(C(=O)C(C)(C)N)cc1N)N(C)C. The Labute approximate surface area is 114 Å². The minimum absolute atomic E-state index is 0.140. The summed E-state index contributed by atoms with van der Waals surface area (Å²) in [7, 11) is 3.81. The quantitative estimate of drug-likeness (QED) is 0.376. The zero-order valence-corrected chi connectivity index (χ0v) is 12.2. The van der Waals surface area contributed by atoms with Gasteiger partial charge >= 0.3 is 0 Å². The number of carbonyl (C=O) groups excluding carboxylic acids is 1. The molecule has 0 spiro atoms. The highest BCUT2D eigenvalue weighted by Gasteiger charge is 2.23. The van der Waals surface area contributed by atoms with Gasteiger partial charge in [-0.05, 0) is 39.0 Å². The van der Waals surface area contributed by atoms with Crippen molar-refractivity contribution in [1.29, 1.82) is 0 Å². The number of anilines is 1. The maximum absolute atomic E-state index is 12.0. The molecule has 0 saturated heterocycles. The number of nitrogen functional groups attached to an aromatic ring is 1. The summed E-state index contributed by atoms with van der Waals surface area (Å²) >= 11 is 0. The summed E-state index contributed by atoms with van der Waals surface area (Å²) in [5.41, 5.74) is 12.4. The van der Waals surface area contributed by atoms with Crippen molar-refractivity contribution in [2.24, 2.45) is 10.7 Å². The molecule has 0 atom stereocenters. The highest BCUT2D eigenvalue weighted by molar-refractivity contribution is 6.03. The molecule has 0 bridgehead atoms. The zero-order chi connectivity index (χ0) is 14.8. The lowest BCUT2D eigenvalue weighted by Gasteiger charge is -2.17. The van der Waals surface area contributed by atoms with Crippen molar-refractivity contribution in [3.63, 3.8) is 0 Å². The molecule has 5 nitrogen and oxygen atoms in total. The van der Waals surface area contributed by atoms with Gasteiger partial charge in [-0.3, -0.25) is 4.79 Å². The number of benzene rings is 1. The van der Waals surface area contributed by atoms with E-state index in [4.69, 9.17) is 11.5 Å². The fourth-order valence-corrected chi connectivity index (χ4v) is 1.44. The lowest BCUT2D eigenvalue weighted by Crippen LogP contribution is -2.41. The third kappa shape index (κ3) is 3.79. The highest BCUT2D eigenvalue weighted by atomic mass is 16.1. The van der Waals surface area contributed by atoms with Crippen LogP contribution in [0, 0.1) is 0 Å². The molecule has 0 radical (unpaired) electrons. The van der Waals surface area contributed by atoms with Gasteiger partial charge < -0.3 is 16.4 Å². The average molecular weight is 262 g/mol. The number of nitrogens with zero attached hydrogens (tertiary/aromatic N) is 2. The van der Waals surface area contributed by atoms with Crippen molar-refractivity contribution in [2.75, 3.05) is 19.8 Å². The van der Waals surface area contributed by atoms with Gasteiger partial charge in [0.15, 0.2) is 5.78 Å². The van der Waals surface area contributed by atoms with Gasteiger partial charge in [0.05, 0.1) is 16.9 Å². The van der Waals surface area contributed by atoms with Crippen LogP contribution >= 0.6 is 0 Å². The third-order valence-electron chi connectivity index (χ3n) is 2.80. The summed E-state index contributed by atoms with van der Waals surface area (Å²) in [6, 6.07) is 5.06. The van der Waals surface area contributed by atoms with Crippen LogP contribution < -0.4 is 11.5 Å². The minimum Gasteiger partial charge on any atom is -0.397 e. The van der Waals surface area contributed by atoms with E-state index in [2.05, 4.69) is 4.99 Å². The first kappa shape index (κ1) is 15.2. The Hall–Kier alpha value is -1.88. The lowest BCUT2D eigenvalue weighted by molar-refractivity contribution is 0.0913.